The first-order valence-corrected chi connectivity index (χ1v) is 6.07. The highest BCUT2D eigenvalue weighted by Gasteiger charge is 2.07. The van der Waals surface area contributed by atoms with Crippen LogP contribution in [-0.2, 0) is 6.54 Å². The molecule has 1 unspecified atom stereocenters. The van der Waals surface area contributed by atoms with Gasteiger partial charge < -0.3 is 10.1 Å². The van der Waals surface area contributed by atoms with Gasteiger partial charge in [0.1, 0.15) is 0 Å². The lowest BCUT2D eigenvalue weighted by Gasteiger charge is -2.16. The van der Waals surface area contributed by atoms with Crippen molar-refractivity contribution in [1.29, 1.82) is 0 Å². The molecule has 2 nitrogen and oxygen atoms in total. The Balaban J connectivity index is 2.45. The van der Waals surface area contributed by atoms with Gasteiger partial charge in [0.15, 0.2) is 11.6 Å². The van der Waals surface area contributed by atoms with Crippen LogP contribution in [0.15, 0.2) is 18.2 Å². The second kappa shape index (κ2) is 6.60. The van der Waals surface area contributed by atoms with Gasteiger partial charge in [0.2, 0.25) is 0 Å². The standard InChI is InChI=1S/C14H22FNO/c1-10(2)11(3)8-16-9-12-5-6-14(17-4)13(15)7-12/h5-7,10-11,16H,8-9H2,1-4H3. The predicted octanol–water partition coefficient (Wildman–Crippen LogP) is 3.22. The first-order valence-electron chi connectivity index (χ1n) is 6.07. The maximum atomic E-state index is 13.4. The van der Waals surface area contributed by atoms with Gasteiger partial charge in [-0.25, -0.2) is 4.39 Å². The monoisotopic (exact) mass is 239 g/mol. The molecule has 1 aromatic rings. The van der Waals surface area contributed by atoms with E-state index in [9.17, 15) is 4.39 Å². The molecule has 0 aliphatic rings. The Morgan fingerprint density at radius 3 is 2.53 bits per heavy atom. The molecule has 0 aromatic heterocycles. The topological polar surface area (TPSA) is 21.3 Å². The zero-order chi connectivity index (χ0) is 12.8. The smallest absolute Gasteiger partial charge is 0.165 e. The number of rotatable bonds is 6. The summed E-state index contributed by atoms with van der Waals surface area (Å²) < 4.78 is 18.3. The first kappa shape index (κ1) is 14.0. The summed E-state index contributed by atoms with van der Waals surface area (Å²) in [4.78, 5) is 0. The van der Waals surface area contributed by atoms with Gasteiger partial charge in [0.25, 0.3) is 0 Å². The van der Waals surface area contributed by atoms with Gasteiger partial charge in [-0.2, -0.15) is 0 Å². The predicted molar refractivity (Wildman–Crippen MR) is 68.7 cm³/mol. The molecule has 1 aromatic carbocycles. The van der Waals surface area contributed by atoms with Crippen molar-refractivity contribution in [2.75, 3.05) is 13.7 Å². The van der Waals surface area contributed by atoms with Crippen molar-refractivity contribution in [1.82, 2.24) is 5.32 Å². The number of hydrogen-bond acceptors (Lipinski definition) is 2. The number of methoxy groups -OCH3 is 1. The lowest BCUT2D eigenvalue weighted by Crippen LogP contribution is -2.23. The third-order valence-corrected chi connectivity index (χ3v) is 3.15. The summed E-state index contributed by atoms with van der Waals surface area (Å²) in [6.07, 6.45) is 0. The second-order valence-electron chi connectivity index (χ2n) is 4.82. The zero-order valence-electron chi connectivity index (χ0n) is 11.1. The molecule has 0 saturated carbocycles. The third-order valence-electron chi connectivity index (χ3n) is 3.15. The first-order chi connectivity index (χ1) is 8.04. The largest absolute Gasteiger partial charge is 0.494 e. The molecule has 96 valence electrons. The molecule has 1 atom stereocenters. The van der Waals surface area contributed by atoms with Gasteiger partial charge in [-0.15, -0.1) is 0 Å². The summed E-state index contributed by atoms with van der Waals surface area (Å²) in [5, 5.41) is 3.34. The minimum atomic E-state index is -0.302. The minimum absolute atomic E-state index is 0.296. The number of ether oxygens (including phenoxy) is 1. The third kappa shape index (κ3) is 4.35. The maximum absolute atomic E-state index is 13.4. The highest BCUT2D eigenvalue weighted by molar-refractivity contribution is 5.29. The lowest BCUT2D eigenvalue weighted by molar-refractivity contribution is 0.384. The zero-order valence-corrected chi connectivity index (χ0v) is 11.1. The Morgan fingerprint density at radius 1 is 1.29 bits per heavy atom. The molecule has 0 saturated heterocycles. The van der Waals surface area contributed by atoms with Crippen LogP contribution < -0.4 is 10.1 Å². The van der Waals surface area contributed by atoms with Crippen molar-refractivity contribution < 1.29 is 9.13 Å². The summed E-state index contributed by atoms with van der Waals surface area (Å²) >= 11 is 0. The SMILES string of the molecule is COc1ccc(CNCC(C)C(C)C)cc1F. The quantitative estimate of drug-likeness (QED) is 0.823. The molecule has 0 fully saturated rings. The number of benzene rings is 1. The lowest BCUT2D eigenvalue weighted by atomic mass is 9.98. The molecule has 17 heavy (non-hydrogen) atoms. The van der Waals surface area contributed by atoms with Crippen LogP contribution in [-0.4, -0.2) is 13.7 Å². The molecule has 0 aliphatic heterocycles. The minimum Gasteiger partial charge on any atom is -0.494 e. The highest BCUT2D eigenvalue weighted by Crippen LogP contribution is 2.17. The number of hydrogen-bond donors (Lipinski definition) is 1. The van der Waals surface area contributed by atoms with Crippen LogP contribution in [0.25, 0.3) is 0 Å². The fourth-order valence-corrected chi connectivity index (χ4v) is 1.50. The van der Waals surface area contributed by atoms with E-state index in [1.54, 1.807) is 6.07 Å². The maximum Gasteiger partial charge on any atom is 0.165 e. The summed E-state index contributed by atoms with van der Waals surface area (Å²) in [6, 6.07) is 5.07. The fraction of sp³-hybridized carbons (Fsp3) is 0.571. The second-order valence-corrected chi connectivity index (χ2v) is 4.82. The molecule has 1 rings (SSSR count). The van der Waals surface area contributed by atoms with E-state index in [1.807, 2.05) is 6.07 Å². The van der Waals surface area contributed by atoms with Crippen molar-refractivity contribution in [2.24, 2.45) is 11.8 Å². The fourth-order valence-electron chi connectivity index (χ4n) is 1.50. The molecular formula is C14H22FNO. The summed E-state index contributed by atoms with van der Waals surface area (Å²) in [5.41, 5.74) is 0.944. The summed E-state index contributed by atoms with van der Waals surface area (Å²) in [5.74, 6) is 1.28. The average molecular weight is 239 g/mol. The van der Waals surface area contributed by atoms with Crippen molar-refractivity contribution in [3.8, 4) is 5.75 Å². The Bertz CT molecular complexity index is 352. The van der Waals surface area contributed by atoms with Crippen LogP contribution in [0.3, 0.4) is 0 Å². The van der Waals surface area contributed by atoms with Gasteiger partial charge in [-0.05, 0) is 36.1 Å². The molecule has 0 bridgehead atoms. The van der Waals surface area contributed by atoms with E-state index in [2.05, 4.69) is 26.1 Å². The Morgan fingerprint density at radius 2 is 2.00 bits per heavy atom. The van der Waals surface area contributed by atoms with Crippen molar-refractivity contribution in [3.05, 3.63) is 29.6 Å². The summed E-state index contributed by atoms with van der Waals surface area (Å²) in [7, 11) is 1.47. The molecule has 0 heterocycles. The van der Waals surface area contributed by atoms with E-state index in [0.29, 0.717) is 24.1 Å². The Kier molecular flexibility index (Phi) is 5.42. The van der Waals surface area contributed by atoms with Gasteiger partial charge in [-0.3, -0.25) is 0 Å². The number of nitrogens with one attached hydrogen (secondary N) is 1. The Labute approximate surface area is 103 Å². The Hall–Kier alpha value is -1.09. The molecule has 0 aliphatic carbocycles. The van der Waals surface area contributed by atoms with Crippen LogP contribution in [0, 0.1) is 17.7 Å². The van der Waals surface area contributed by atoms with Crippen molar-refractivity contribution in [2.45, 2.75) is 27.3 Å². The molecule has 0 spiro atoms. The van der Waals surface area contributed by atoms with Gasteiger partial charge in [-0.1, -0.05) is 26.8 Å². The molecule has 0 radical (unpaired) electrons. The highest BCUT2D eigenvalue weighted by atomic mass is 19.1. The van der Waals surface area contributed by atoms with Crippen molar-refractivity contribution >= 4 is 0 Å². The van der Waals surface area contributed by atoms with Crippen LogP contribution in [0.2, 0.25) is 0 Å². The summed E-state index contributed by atoms with van der Waals surface area (Å²) in [6.45, 7) is 8.27. The van der Waals surface area contributed by atoms with Crippen molar-refractivity contribution in [3.63, 3.8) is 0 Å². The van der Waals surface area contributed by atoms with Crippen LogP contribution in [0.5, 0.6) is 5.75 Å². The molecule has 1 N–H and O–H groups in total. The van der Waals surface area contributed by atoms with E-state index < -0.39 is 0 Å². The average Bonchev–Trinajstić information content (AvgIpc) is 2.29. The van der Waals surface area contributed by atoms with Gasteiger partial charge in [0.05, 0.1) is 7.11 Å². The van der Waals surface area contributed by atoms with E-state index in [1.165, 1.54) is 13.2 Å². The van der Waals surface area contributed by atoms with E-state index in [4.69, 9.17) is 4.74 Å². The van der Waals surface area contributed by atoms with Gasteiger partial charge >= 0.3 is 0 Å². The van der Waals surface area contributed by atoms with E-state index in [0.717, 1.165) is 12.1 Å². The molecule has 0 amide bonds. The molecular weight excluding hydrogens is 217 g/mol. The normalized spacial score (nSPS) is 12.8. The van der Waals surface area contributed by atoms with E-state index >= 15 is 0 Å². The van der Waals surface area contributed by atoms with E-state index in [-0.39, 0.29) is 5.82 Å². The van der Waals surface area contributed by atoms with Crippen LogP contribution in [0.4, 0.5) is 4.39 Å². The van der Waals surface area contributed by atoms with Crippen LogP contribution >= 0.6 is 0 Å². The molecule has 3 heteroatoms. The number of halogens is 1. The van der Waals surface area contributed by atoms with Gasteiger partial charge in [0, 0.05) is 6.54 Å². The van der Waals surface area contributed by atoms with Crippen LogP contribution in [0.1, 0.15) is 26.3 Å².